The first-order valence-electron chi connectivity index (χ1n) is 4.99. The zero-order chi connectivity index (χ0) is 11.8. The molecule has 1 amide bonds. The van der Waals surface area contributed by atoms with Crippen LogP contribution in [0.2, 0.25) is 0 Å². The van der Waals surface area contributed by atoms with Crippen molar-refractivity contribution in [2.45, 2.75) is 6.61 Å². The Kier molecular flexibility index (Phi) is 4.98. The summed E-state index contributed by atoms with van der Waals surface area (Å²) in [6.07, 6.45) is -0.396. The lowest BCUT2D eigenvalue weighted by atomic mass is 10.2. The van der Waals surface area contributed by atoms with Crippen LogP contribution in [0.3, 0.4) is 0 Å². The number of nitrogens with zero attached hydrogens (tertiary/aromatic N) is 2. The van der Waals surface area contributed by atoms with E-state index in [1.807, 2.05) is 30.3 Å². The van der Waals surface area contributed by atoms with Crippen LogP contribution in [0.4, 0.5) is 4.79 Å². The average molecular weight is 221 g/mol. The van der Waals surface area contributed by atoms with Crippen LogP contribution in [-0.2, 0) is 11.3 Å². The molecule has 0 aliphatic heterocycles. The minimum Gasteiger partial charge on any atom is -0.445 e. The number of benzene rings is 1. The second kappa shape index (κ2) is 6.55. The molecule has 0 radical (unpaired) electrons. The fourth-order valence-electron chi connectivity index (χ4n) is 1.12. The highest BCUT2D eigenvalue weighted by atomic mass is 16.6. The first-order chi connectivity index (χ1) is 7.74. The lowest BCUT2D eigenvalue weighted by Gasteiger charge is -2.15. The quantitative estimate of drug-likeness (QED) is 0.775. The molecule has 0 aromatic heterocycles. The molecule has 0 saturated carbocycles. The van der Waals surface area contributed by atoms with E-state index in [0.29, 0.717) is 13.1 Å². The number of hydrogen-bond acceptors (Lipinski definition) is 4. The second-order valence-electron chi connectivity index (χ2n) is 3.34. The number of carbonyl (C=O) groups is 1. The fourth-order valence-corrected chi connectivity index (χ4v) is 1.12. The Balaban J connectivity index is 2.32. The van der Waals surface area contributed by atoms with E-state index in [2.05, 4.69) is 5.11 Å². The molecule has 0 heterocycles. The van der Waals surface area contributed by atoms with Crippen molar-refractivity contribution in [2.24, 2.45) is 5.11 Å². The van der Waals surface area contributed by atoms with Crippen molar-refractivity contribution in [3.05, 3.63) is 35.9 Å². The molecule has 0 aliphatic rings. The number of rotatable bonds is 5. The van der Waals surface area contributed by atoms with Crippen molar-refractivity contribution in [2.75, 3.05) is 20.1 Å². The smallest absolute Gasteiger partial charge is 0.409 e. The predicted octanol–water partition coefficient (Wildman–Crippen LogP) is 2.29. The maximum Gasteiger partial charge on any atom is 0.409 e. The molecule has 0 atom stereocenters. The molecule has 1 N–H and O–H groups in total. The highest BCUT2D eigenvalue weighted by molar-refractivity contribution is 5.67. The van der Waals surface area contributed by atoms with E-state index in [9.17, 15) is 4.79 Å². The van der Waals surface area contributed by atoms with Crippen LogP contribution in [0.15, 0.2) is 35.4 Å². The van der Waals surface area contributed by atoms with Gasteiger partial charge in [-0.25, -0.2) is 10.3 Å². The minimum absolute atomic E-state index is 0.266. The van der Waals surface area contributed by atoms with Gasteiger partial charge in [-0.1, -0.05) is 30.3 Å². The first kappa shape index (κ1) is 12.2. The summed E-state index contributed by atoms with van der Waals surface area (Å²) >= 11 is 0. The SMILES string of the molecule is CN(CCN=N)C(=O)OCc1ccccc1. The standard InChI is InChI=1S/C11H15N3O2/c1-14(8-7-13-12)11(15)16-9-10-5-3-2-4-6-10/h2-6,12H,7-9H2,1H3. The van der Waals surface area contributed by atoms with Crippen molar-refractivity contribution in [3.8, 4) is 0 Å². The molecule has 0 aliphatic carbocycles. The van der Waals surface area contributed by atoms with Gasteiger partial charge in [-0.3, -0.25) is 0 Å². The molecular formula is C11H15N3O2. The second-order valence-corrected chi connectivity index (χ2v) is 3.34. The molecule has 5 heteroatoms. The molecule has 1 aromatic rings. The zero-order valence-electron chi connectivity index (χ0n) is 9.22. The Morgan fingerprint density at radius 1 is 1.44 bits per heavy atom. The lowest BCUT2D eigenvalue weighted by molar-refractivity contribution is 0.105. The maximum absolute atomic E-state index is 11.4. The molecule has 0 spiro atoms. The topological polar surface area (TPSA) is 65.8 Å². The number of nitrogens with one attached hydrogen (secondary N) is 1. The minimum atomic E-state index is -0.396. The normalized spacial score (nSPS) is 9.56. The van der Waals surface area contributed by atoms with Gasteiger partial charge in [-0.2, -0.15) is 5.11 Å². The van der Waals surface area contributed by atoms with Crippen LogP contribution >= 0.6 is 0 Å². The monoisotopic (exact) mass is 221 g/mol. The van der Waals surface area contributed by atoms with Gasteiger partial charge in [-0.15, -0.1) is 0 Å². The van der Waals surface area contributed by atoms with Gasteiger partial charge in [0.1, 0.15) is 6.61 Å². The van der Waals surface area contributed by atoms with Crippen LogP contribution < -0.4 is 0 Å². The third-order valence-corrected chi connectivity index (χ3v) is 2.06. The molecule has 86 valence electrons. The van der Waals surface area contributed by atoms with E-state index in [1.165, 1.54) is 4.90 Å². The van der Waals surface area contributed by atoms with Gasteiger partial charge in [0, 0.05) is 13.6 Å². The van der Waals surface area contributed by atoms with Crippen LogP contribution in [0, 0.1) is 5.53 Å². The highest BCUT2D eigenvalue weighted by Gasteiger charge is 2.08. The van der Waals surface area contributed by atoms with Gasteiger partial charge in [-0.05, 0) is 5.56 Å². The number of hydrogen-bond donors (Lipinski definition) is 1. The van der Waals surface area contributed by atoms with Gasteiger partial charge in [0.05, 0.1) is 6.54 Å². The van der Waals surface area contributed by atoms with Crippen molar-refractivity contribution in [1.29, 1.82) is 5.53 Å². The van der Waals surface area contributed by atoms with Crippen molar-refractivity contribution in [1.82, 2.24) is 4.90 Å². The maximum atomic E-state index is 11.4. The lowest BCUT2D eigenvalue weighted by Crippen LogP contribution is -2.29. The molecule has 1 rings (SSSR count). The van der Waals surface area contributed by atoms with Crippen LogP contribution in [0.1, 0.15) is 5.56 Å². The van der Waals surface area contributed by atoms with Crippen molar-refractivity contribution < 1.29 is 9.53 Å². The van der Waals surface area contributed by atoms with Gasteiger partial charge in [0.25, 0.3) is 0 Å². The molecule has 0 unspecified atom stereocenters. The summed E-state index contributed by atoms with van der Waals surface area (Å²) < 4.78 is 5.07. The van der Waals surface area contributed by atoms with E-state index < -0.39 is 6.09 Å². The van der Waals surface area contributed by atoms with Crippen molar-refractivity contribution >= 4 is 6.09 Å². The largest absolute Gasteiger partial charge is 0.445 e. The third-order valence-electron chi connectivity index (χ3n) is 2.06. The third kappa shape index (κ3) is 4.08. The van der Waals surface area contributed by atoms with Crippen LogP contribution in [-0.4, -0.2) is 31.1 Å². The van der Waals surface area contributed by atoms with E-state index in [-0.39, 0.29) is 6.61 Å². The number of ether oxygens (including phenoxy) is 1. The first-order valence-corrected chi connectivity index (χ1v) is 4.99. The highest BCUT2D eigenvalue weighted by Crippen LogP contribution is 2.02. The summed E-state index contributed by atoms with van der Waals surface area (Å²) in [4.78, 5) is 12.8. The van der Waals surface area contributed by atoms with Gasteiger partial charge < -0.3 is 9.64 Å². The van der Waals surface area contributed by atoms with E-state index in [0.717, 1.165) is 5.56 Å². The molecule has 16 heavy (non-hydrogen) atoms. The number of carbonyl (C=O) groups excluding carboxylic acids is 1. The van der Waals surface area contributed by atoms with Gasteiger partial charge >= 0.3 is 6.09 Å². The number of amides is 1. The van der Waals surface area contributed by atoms with Gasteiger partial charge in [0.2, 0.25) is 0 Å². The van der Waals surface area contributed by atoms with Crippen LogP contribution in [0.5, 0.6) is 0 Å². The Morgan fingerprint density at radius 3 is 2.75 bits per heavy atom. The molecule has 0 bridgehead atoms. The summed E-state index contributed by atoms with van der Waals surface area (Å²) in [5.41, 5.74) is 7.57. The number of likely N-dealkylation sites (N-methyl/N-ethyl adjacent to an activating group) is 1. The Labute approximate surface area is 94.5 Å². The van der Waals surface area contributed by atoms with E-state index in [1.54, 1.807) is 7.05 Å². The summed E-state index contributed by atoms with van der Waals surface area (Å²) in [7, 11) is 1.62. The van der Waals surface area contributed by atoms with E-state index >= 15 is 0 Å². The Bertz CT molecular complexity index is 340. The summed E-state index contributed by atoms with van der Waals surface area (Å²) in [6.45, 7) is 0.968. The molecule has 5 nitrogen and oxygen atoms in total. The molecule has 0 saturated heterocycles. The Hall–Kier alpha value is -1.91. The molecule has 1 aromatic carbocycles. The van der Waals surface area contributed by atoms with Crippen LogP contribution in [0.25, 0.3) is 0 Å². The molecular weight excluding hydrogens is 206 g/mol. The zero-order valence-corrected chi connectivity index (χ0v) is 9.22. The van der Waals surface area contributed by atoms with Crippen molar-refractivity contribution in [3.63, 3.8) is 0 Å². The summed E-state index contributed by atoms with van der Waals surface area (Å²) in [6, 6.07) is 9.49. The average Bonchev–Trinajstić information content (AvgIpc) is 2.34. The summed E-state index contributed by atoms with van der Waals surface area (Å²) in [5, 5.41) is 3.18. The molecule has 0 fully saturated rings. The summed E-state index contributed by atoms with van der Waals surface area (Å²) in [5.74, 6) is 0. The Morgan fingerprint density at radius 2 is 2.12 bits per heavy atom. The van der Waals surface area contributed by atoms with Gasteiger partial charge in [0.15, 0.2) is 0 Å². The fraction of sp³-hybridized carbons (Fsp3) is 0.364. The van der Waals surface area contributed by atoms with E-state index in [4.69, 9.17) is 10.3 Å². The predicted molar refractivity (Wildman–Crippen MR) is 59.3 cm³/mol.